The fourth-order valence-electron chi connectivity index (χ4n) is 0.357. The fourth-order valence-corrected chi connectivity index (χ4v) is 0.621. The Morgan fingerprint density at radius 3 is 2.71 bits per heavy atom. The Morgan fingerprint density at radius 2 is 2.43 bits per heavy atom. The molecule has 3 heteroatoms. The molecule has 7 heavy (non-hydrogen) atoms. The van der Waals surface area contributed by atoms with E-state index in [1.807, 2.05) is 6.07 Å². The molecule has 1 rings (SSSR count). The summed E-state index contributed by atoms with van der Waals surface area (Å²) < 4.78 is 1.15. The van der Waals surface area contributed by atoms with Crippen molar-refractivity contribution in [2.24, 2.45) is 0 Å². The molecule has 0 aliphatic carbocycles. The van der Waals surface area contributed by atoms with Gasteiger partial charge in [-0.1, -0.05) is 0 Å². The van der Waals surface area contributed by atoms with Crippen molar-refractivity contribution < 1.29 is 0 Å². The predicted molar refractivity (Wildman–Crippen MR) is 27.4 cm³/mol. The van der Waals surface area contributed by atoms with Crippen LogP contribution in [0.1, 0.15) is 0 Å². The van der Waals surface area contributed by atoms with Crippen molar-refractivity contribution >= 4 is 30.9 Å². The van der Waals surface area contributed by atoms with E-state index in [0.29, 0.717) is 0 Å². The van der Waals surface area contributed by atoms with Crippen LogP contribution in [-0.4, -0.2) is 37.9 Å². The molecule has 0 N–H and O–H groups in total. The zero-order valence-corrected chi connectivity index (χ0v) is 6.13. The summed E-state index contributed by atoms with van der Waals surface area (Å²) in [6.45, 7) is 0. The summed E-state index contributed by atoms with van der Waals surface area (Å²) in [6, 6.07) is 1.92. The second-order valence-electron chi connectivity index (χ2n) is 1.35. The summed E-state index contributed by atoms with van der Waals surface area (Å²) in [5.41, 5.74) is 0. The van der Waals surface area contributed by atoms with Gasteiger partial charge in [-0.3, -0.25) is 0 Å². The van der Waals surface area contributed by atoms with Crippen LogP contribution in [0.2, 0.25) is 0 Å². The van der Waals surface area contributed by atoms with Crippen molar-refractivity contribution in [2.45, 2.75) is 0 Å². The average Bonchev–Trinajstić information content (AvgIpc) is 1.69. The molecular formula is C4H3N2Na. The second-order valence-corrected chi connectivity index (χ2v) is 2.38. The standard InChI is InChI=1S/C4H3N2.Na/c1-2-5-4-6-3-1;/h1-2,4H;. The van der Waals surface area contributed by atoms with Gasteiger partial charge in [-0.25, -0.2) is 0 Å². The molecule has 0 unspecified atom stereocenters. The van der Waals surface area contributed by atoms with Gasteiger partial charge in [0.05, 0.1) is 0 Å². The van der Waals surface area contributed by atoms with Crippen LogP contribution >= 0.6 is 0 Å². The van der Waals surface area contributed by atoms with Gasteiger partial charge in [0.25, 0.3) is 0 Å². The van der Waals surface area contributed by atoms with E-state index in [-0.39, 0.29) is 0 Å². The van der Waals surface area contributed by atoms with E-state index >= 15 is 0 Å². The predicted octanol–water partition coefficient (Wildman–Crippen LogP) is -0.730. The molecule has 0 spiro atoms. The molecule has 0 atom stereocenters. The number of nitrogens with zero attached hydrogens (tertiary/aromatic N) is 2. The SMILES string of the molecule is [Na][c]1ccncn1. The van der Waals surface area contributed by atoms with Gasteiger partial charge in [0.1, 0.15) is 0 Å². The van der Waals surface area contributed by atoms with E-state index in [9.17, 15) is 0 Å². The van der Waals surface area contributed by atoms with E-state index in [4.69, 9.17) is 0 Å². The van der Waals surface area contributed by atoms with Crippen LogP contribution in [-0.2, 0) is 0 Å². The van der Waals surface area contributed by atoms with Crippen molar-refractivity contribution in [1.29, 1.82) is 0 Å². The number of aromatic nitrogens is 2. The van der Waals surface area contributed by atoms with Crippen molar-refractivity contribution in [1.82, 2.24) is 9.97 Å². The van der Waals surface area contributed by atoms with E-state index in [1.54, 1.807) is 12.5 Å². The quantitative estimate of drug-likeness (QED) is 0.403. The number of rotatable bonds is 0. The Labute approximate surface area is 59.4 Å². The van der Waals surface area contributed by atoms with Crippen LogP contribution in [0.25, 0.3) is 0 Å². The van der Waals surface area contributed by atoms with Gasteiger partial charge in [-0.15, -0.1) is 0 Å². The van der Waals surface area contributed by atoms with Gasteiger partial charge >= 0.3 is 59.4 Å². The summed E-state index contributed by atoms with van der Waals surface area (Å²) in [7, 11) is 0. The first-order valence-corrected chi connectivity index (χ1v) is 3.12. The third-order valence-corrected chi connectivity index (χ3v) is 1.32. The van der Waals surface area contributed by atoms with Crippen LogP contribution < -0.4 is 2.94 Å². The molecule has 30 valence electrons. The molecule has 0 bridgehead atoms. The topological polar surface area (TPSA) is 25.8 Å². The first kappa shape index (κ1) is 5.22. The summed E-state index contributed by atoms with van der Waals surface area (Å²) in [5, 5.41) is 0. The third kappa shape index (κ3) is 1.55. The molecule has 0 fully saturated rings. The van der Waals surface area contributed by atoms with E-state index < -0.39 is 0 Å². The molecule has 0 aliphatic rings. The molecule has 0 radical (unpaired) electrons. The van der Waals surface area contributed by atoms with Crippen LogP contribution in [0.15, 0.2) is 18.6 Å². The molecular weight excluding hydrogens is 99.0 g/mol. The maximum absolute atomic E-state index is 3.93. The first-order valence-electron chi connectivity index (χ1n) is 2.12. The van der Waals surface area contributed by atoms with Crippen molar-refractivity contribution in [3.05, 3.63) is 18.6 Å². The zero-order chi connectivity index (χ0) is 5.11. The van der Waals surface area contributed by atoms with Gasteiger partial charge in [0.15, 0.2) is 0 Å². The van der Waals surface area contributed by atoms with Gasteiger partial charge in [-0.2, -0.15) is 0 Å². The Morgan fingerprint density at radius 1 is 1.57 bits per heavy atom. The normalized spacial score (nSPS) is 8.86. The van der Waals surface area contributed by atoms with Gasteiger partial charge in [-0.05, 0) is 0 Å². The van der Waals surface area contributed by atoms with Gasteiger partial charge in [0.2, 0.25) is 0 Å². The van der Waals surface area contributed by atoms with E-state index in [0.717, 1.165) is 30.9 Å². The minimum absolute atomic E-state index is 1.02. The molecule has 1 heterocycles. The summed E-state index contributed by atoms with van der Waals surface area (Å²) in [5.74, 6) is 0. The molecule has 2 nitrogen and oxygen atoms in total. The first-order chi connectivity index (χ1) is 3.39. The zero-order valence-electron chi connectivity index (χ0n) is 4.13. The maximum atomic E-state index is 3.93. The molecule has 1 aromatic rings. The molecule has 0 aliphatic heterocycles. The van der Waals surface area contributed by atoms with E-state index in [1.165, 1.54) is 0 Å². The molecule has 0 saturated carbocycles. The van der Waals surface area contributed by atoms with Crippen LogP contribution in [0.3, 0.4) is 0 Å². The Kier molecular flexibility index (Phi) is 1.79. The van der Waals surface area contributed by atoms with Crippen LogP contribution in [0, 0.1) is 0 Å². The Balaban J connectivity index is 3.02. The Hall–Kier alpha value is 0.0800. The second kappa shape index (κ2) is 2.40. The number of hydrogen-bond acceptors (Lipinski definition) is 2. The summed E-state index contributed by atoms with van der Waals surface area (Å²) in [4.78, 5) is 7.69. The molecule has 0 saturated heterocycles. The van der Waals surface area contributed by atoms with Crippen LogP contribution in [0.5, 0.6) is 0 Å². The summed E-state index contributed by atoms with van der Waals surface area (Å²) >= 11 is 1.02. The van der Waals surface area contributed by atoms with Gasteiger partial charge < -0.3 is 0 Å². The molecule has 0 aromatic carbocycles. The minimum atomic E-state index is 1.02. The Bertz CT molecular complexity index is 140. The van der Waals surface area contributed by atoms with Crippen molar-refractivity contribution in [3.8, 4) is 0 Å². The monoisotopic (exact) mass is 102 g/mol. The summed E-state index contributed by atoms with van der Waals surface area (Å²) in [6.07, 6.45) is 3.33. The van der Waals surface area contributed by atoms with Crippen molar-refractivity contribution in [2.75, 3.05) is 0 Å². The molecule has 1 aromatic heterocycles. The van der Waals surface area contributed by atoms with Crippen molar-refractivity contribution in [3.63, 3.8) is 0 Å². The average molecular weight is 102 g/mol. The van der Waals surface area contributed by atoms with E-state index in [2.05, 4.69) is 9.97 Å². The number of hydrogen-bond donors (Lipinski definition) is 0. The molecule has 0 amide bonds. The van der Waals surface area contributed by atoms with Crippen LogP contribution in [0.4, 0.5) is 0 Å². The van der Waals surface area contributed by atoms with Gasteiger partial charge in [0, 0.05) is 0 Å². The fraction of sp³-hybridized carbons (Fsp3) is 0. The third-order valence-electron chi connectivity index (χ3n) is 0.730.